The predicted molar refractivity (Wildman–Crippen MR) is 122 cm³/mol. The Balaban J connectivity index is 1.87. The van der Waals surface area contributed by atoms with Gasteiger partial charge in [-0.3, -0.25) is 14.4 Å². The molecule has 0 spiro atoms. The Hall–Kier alpha value is -4.59. The van der Waals surface area contributed by atoms with E-state index < -0.39 is 35.3 Å². The van der Waals surface area contributed by atoms with E-state index in [1.54, 1.807) is 30.3 Å². The molecule has 0 aliphatic carbocycles. The van der Waals surface area contributed by atoms with Gasteiger partial charge in [0.25, 0.3) is 11.5 Å². The maximum atomic E-state index is 13.3. The van der Waals surface area contributed by atoms with E-state index in [1.165, 1.54) is 4.57 Å². The van der Waals surface area contributed by atoms with Gasteiger partial charge in [0.2, 0.25) is 0 Å². The summed E-state index contributed by atoms with van der Waals surface area (Å²) in [7, 11) is 0. The van der Waals surface area contributed by atoms with Gasteiger partial charge in [-0.1, -0.05) is 48.5 Å². The van der Waals surface area contributed by atoms with Gasteiger partial charge >= 0.3 is 5.97 Å². The fourth-order valence-electron chi connectivity index (χ4n) is 3.48. The maximum Gasteiger partial charge on any atom is 0.322 e. The van der Waals surface area contributed by atoms with Gasteiger partial charge in [-0.25, -0.2) is 0 Å². The summed E-state index contributed by atoms with van der Waals surface area (Å²) in [5.74, 6) is -1.71. The third kappa shape index (κ3) is 4.69. The molecule has 0 fully saturated rings. The van der Waals surface area contributed by atoms with E-state index >= 15 is 0 Å². The van der Waals surface area contributed by atoms with Crippen LogP contribution < -0.4 is 15.6 Å². The van der Waals surface area contributed by atoms with Crippen LogP contribution in [0.15, 0.2) is 83.7 Å². The van der Waals surface area contributed by atoms with Crippen molar-refractivity contribution in [1.29, 1.82) is 0 Å². The zero-order valence-electron chi connectivity index (χ0n) is 17.4. The van der Waals surface area contributed by atoms with Gasteiger partial charge in [0.1, 0.15) is 29.4 Å². The van der Waals surface area contributed by atoms with Gasteiger partial charge in [0.05, 0.1) is 12.1 Å². The van der Waals surface area contributed by atoms with Crippen LogP contribution in [0.25, 0.3) is 10.9 Å². The first-order valence-electron chi connectivity index (χ1n) is 10.1. The molecule has 4 aromatic rings. The first-order chi connectivity index (χ1) is 15.9. The highest BCUT2D eigenvalue weighted by molar-refractivity contribution is 6.03. The van der Waals surface area contributed by atoms with Gasteiger partial charge < -0.3 is 24.8 Å². The van der Waals surface area contributed by atoms with Crippen LogP contribution in [0.5, 0.6) is 17.2 Å². The lowest BCUT2D eigenvalue weighted by atomic mass is 10.1. The summed E-state index contributed by atoms with van der Waals surface area (Å²) in [6, 6.07) is 23.0. The van der Waals surface area contributed by atoms with Crippen LogP contribution in [0.3, 0.4) is 0 Å². The molecule has 8 nitrogen and oxygen atoms in total. The molecule has 8 heteroatoms. The molecule has 0 bridgehead atoms. The minimum atomic E-state index is -1.27. The van der Waals surface area contributed by atoms with Crippen LogP contribution in [0.2, 0.25) is 0 Å². The number of hydrogen-bond donors (Lipinski definition) is 3. The molecule has 1 amide bonds. The van der Waals surface area contributed by atoms with Crippen molar-refractivity contribution in [3.63, 3.8) is 0 Å². The fraction of sp³-hybridized carbons (Fsp3) is 0.0800. The summed E-state index contributed by atoms with van der Waals surface area (Å²) in [6.07, 6.45) is 0. The highest BCUT2D eigenvalue weighted by atomic mass is 16.5. The number of fused-ring (bicyclic) bond motifs is 1. The molecular weight excluding hydrogens is 424 g/mol. The number of aliphatic carboxylic acids is 1. The quantitative estimate of drug-likeness (QED) is 0.402. The molecule has 1 aromatic heterocycles. The van der Waals surface area contributed by atoms with Gasteiger partial charge in [0.15, 0.2) is 0 Å². The van der Waals surface area contributed by atoms with Crippen LogP contribution >= 0.6 is 0 Å². The van der Waals surface area contributed by atoms with Crippen molar-refractivity contribution in [2.75, 3.05) is 6.54 Å². The average molecular weight is 444 g/mol. The summed E-state index contributed by atoms with van der Waals surface area (Å²) in [4.78, 5) is 36.7. The van der Waals surface area contributed by atoms with Crippen LogP contribution in [0.1, 0.15) is 15.9 Å². The number of nitrogens with one attached hydrogen (secondary N) is 1. The molecule has 0 saturated heterocycles. The van der Waals surface area contributed by atoms with Crippen LogP contribution in [-0.4, -0.2) is 33.2 Å². The number of carbonyl (C=O) groups excluding carboxylic acids is 1. The zero-order chi connectivity index (χ0) is 23.4. The number of hydrogen-bond acceptors (Lipinski definition) is 5. The molecule has 1 heterocycles. The topological polar surface area (TPSA) is 118 Å². The van der Waals surface area contributed by atoms with E-state index in [0.717, 1.165) is 5.56 Å². The number of pyridine rings is 1. The molecule has 0 radical (unpaired) electrons. The molecule has 0 atom stereocenters. The Kier molecular flexibility index (Phi) is 6.08. The average Bonchev–Trinajstić information content (AvgIpc) is 2.82. The standard InChI is InChI=1S/C25H20N2O6/c28-21(29)14-26-24(31)22-23(30)19-12-11-18(33-17-9-5-2-6-10-17)13-20(19)27(25(22)32)15-16-7-3-1-4-8-16/h1-13,30H,14-15H2,(H,26,31)(H,28,29). The Morgan fingerprint density at radius 3 is 2.24 bits per heavy atom. The van der Waals surface area contributed by atoms with Crippen molar-refractivity contribution >= 4 is 22.8 Å². The van der Waals surface area contributed by atoms with Gasteiger partial charge in [-0.2, -0.15) is 0 Å². The van der Waals surface area contributed by atoms with Crippen molar-refractivity contribution < 1.29 is 24.5 Å². The number of aromatic nitrogens is 1. The third-order valence-corrected chi connectivity index (χ3v) is 5.00. The maximum absolute atomic E-state index is 13.3. The Morgan fingerprint density at radius 1 is 0.909 bits per heavy atom. The number of rotatable bonds is 7. The number of carboxylic acid groups (broad SMARTS) is 1. The Labute approximate surface area is 188 Å². The minimum absolute atomic E-state index is 0.129. The second-order valence-electron chi connectivity index (χ2n) is 7.27. The molecule has 33 heavy (non-hydrogen) atoms. The van der Waals surface area contributed by atoms with Gasteiger partial charge in [-0.15, -0.1) is 0 Å². The van der Waals surface area contributed by atoms with Crippen molar-refractivity contribution in [1.82, 2.24) is 9.88 Å². The number of nitrogens with zero attached hydrogens (tertiary/aromatic N) is 1. The molecule has 4 rings (SSSR count). The molecule has 0 unspecified atom stereocenters. The van der Waals surface area contributed by atoms with Crippen molar-refractivity contribution in [2.24, 2.45) is 0 Å². The minimum Gasteiger partial charge on any atom is -0.506 e. The van der Waals surface area contributed by atoms with E-state index in [-0.39, 0.29) is 11.9 Å². The van der Waals surface area contributed by atoms with Gasteiger partial charge in [0, 0.05) is 11.5 Å². The molecule has 3 aromatic carbocycles. The largest absolute Gasteiger partial charge is 0.506 e. The molecule has 166 valence electrons. The summed E-state index contributed by atoms with van der Waals surface area (Å²) in [5, 5.41) is 22.0. The second kappa shape index (κ2) is 9.27. The first kappa shape index (κ1) is 21.6. The molecule has 0 aliphatic rings. The highest BCUT2D eigenvalue weighted by Gasteiger charge is 2.23. The lowest BCUT2D eigenvalue weighted by Gasteiger charge is -2.16. The monoisotopic (exact) mass is 444 g/mol. The number of amides is 1. The van der Waals surface area contributed by atoms with Gasteiger partial charge in [-0.05, 0) is 29.8 Å². The fourth-order valence-corrected chi connectivity index (χ4v) is 3.48. The summed E-state index contributed by atoms with van der Waals surface area (Å²) >= 11 is 0. The van der Waals surface area contributed by atoms with Crippen molar-refractivity contribution in [3.05, 3.63) is 100 Å². The lowest BCUT2D eigenvalue weighted by Crippen LogP contribution is -2.36. The summed E-state index contributed by atoms with van der Waals surface area (Å²) < 4.78 is 7.23. The molecule has 3 N–H and O–H groups in total. The van der Waals surface area contributed by atoms with E-state index in [1.807, 2.05) is 48.5 Å². The number of para-hydroxylation sites is 1. The van der Waals surface area contributed by atoms with Crippen LogP contribution in [-0.2, 0) is 11.3 Å². The van der Waals surface area contributed by atoms with Crippen LogP contribution in [0, 0.1) is 0 Å². The zero-order valence-corrected chi connectivity index (χ0v) is 17.4. The van der Waals surface area contributed by atoms with Crippen LogP contribution in [0.4, 0.5) is 0 Å². The van der Waals surface area contributed by atoms with E-state index in [0.29, 0.717) is 17.0 Å². The van der Waals surface area contributed by atoms with E-state index in [4.69, 9.17) is 9.84 Å². The lowest BCUT2D eigenvalue weighted by molar-refractivity contribution is -0.135. The molecule has 0 saturated carbocycles. The summed E-state index contributed by atoms with van der Waals surface area (Å²) in [5.41, 5.74) is -0.0950. The normalized spacial score (nSPS) is 10.7. The number of benzene rings is 3. The Bertz CT molecular complexity index is 1380. The van der Waals surface area contributed by atoms with E-state index in [9.17, 15) is 19.5 Å². The second-order valence-corrected chi connectivity index (χ2v) is 7.27. The van der Waals surface area contributed by atoms with E-state index in [2.05, 4.69) is 5.32 Å². The molecule has 0 aliphatic heterocycles. The van der Waals surface area contributed by atoms with Crippen molar-refractivity contribution in [2.45, 2.75) is 6.54 Å². The number of carboxylic acids is 1. The SMILES string of the molecule is O=C(O)CNC(=O)c1c(O)c2ccc(Oc3ccccc3)cc2n(Cc2ccccc2)c1=O. The highest BCUT2D eigenvalue weighted by Crippen LogP contribution is 2.31. The predicted octanol–water partition coefficient (Wildman–Crippen LogP) is 3.36. The number of aromatic hydroxyl groups is 1. The number of carbonyl (C=O) groups is 2. The third-order valence-electron chi connectivity index (χ3n) is 5.00. The number of ether oxygens (including phenoxy) is 1. The first-order valence-corrected chi connectivity index (χ1v) is 10.1. The smallest absolute Gasteiger partial charge is 0.322 e. The molecular formula is C25H20N2O6. The van der Waals surface area contributed by atoms with Crippen molar-refractivity contribution in [3.8, 4) is 17.2 Å². The Morgan fingerprint density at radius 2 is 1.58 bits per heavy atom. The summed E-state index contributed by atoms with van der Waals surface area (Å²) in [6.45, 7) is -0.553.